The van der Waals surface area contributed by atoms with Gasteiger partial charge in [-0.1, -0.05) is 6.07 Å². The summed E-state index contributed by atoms with van der Waals surface area (Å²) in [7, 11) is 1.70. The lowest BCUT2D eigenvalue weighted by Gasteiger charge is -2.22. The molecule has 1 N–H and O–H groups in total. The van der Waals surface area contributed by atoms with Crippen LogP contribution in [0.25, 0.3) is 0 Å². The summed E-state index contributed by atoms with van der Waals surface area (Å²) in [5.41, 5.74) is 4.09. The van der Waals surface area contributed by atoms with Gasteiger partial charge in [0.15, 0.2) is 0 Å². The molecule has 0 fully saturated rings. The minimum atomic E-state index is -0.303. The third kappa shape index (κ3) is 2.22. The van der Waals surface area contributed by atoms with E-state index in [0.29, 0.717) is 6.42 Å². The largest absolute Gasteiger partial charge is 0.496 e. The minimum absolute atomic E-state index is 0.303. The van der Waals surface area contributed by atoms with Crippen LogP contribution >= 0.6 is 0 Å². The Labute approximate surface area is 97.3 Å². The fourth-order valence-corrected chi connectivity index (χ4v) is 2.59. The van der Waals surface area contributed by atoms with E-state index in [4.69, 9.17) is 4.74 Å². The van der Waals surface area contributed by atoms with Crippen LogP contribution in [-0.2, 0) is 19.3 Å². The van der Waals surface area contributed by atoms with Crippen molar-refractivity contribution in [1.82, 2.24) is 0 Å². The summed E-state index contributed by atoms with van der Waals surface area (Å²) in [6, 6.07) is 4.22. The maximum Gasteiger partial charge on any atom is 0.122 e. The van der Waals surface area contributed by atoms with Gasteiger partial charge in [0.2, 0.25) is 0 Å². The number of hydrogen-bond acceptors (Lipinski definition) is 2. The number of hydrogen-bond donors (Lipinski definition) is 1. The normalized spacial score (nSPS) is 16.7. The van der Waals surface area contributed by atoms with Crippen LogP contribution in [0.15, 0.2) is 12.1 Å². The number of benzene rings is 1. The molecule has 2 nitrogen and oxygen atoms in total. The highest BCUT2D eigenvalue weighted by molar-refractivity contribution is 5.46. The lowest BCUT2D eigenvalue weighted by atomic mass is 9.86. The second-order valence-electron chi connectivity index (χ2n) is 4.64. The Morgan fingerprint density at radius 3 is 2.75 bits per heavy atom. The first-order chi connectivity index (χ1) is 7.72. The molecule has 0 spiro atoms. The molecule has 2 heteroatoms. The van der Waals surface area contributed by atoms with E-state index >= 15 is 0 Å². The third-order valence-electron chi connectivity index (χ3n) is 3.33. The number of rotatable bonds is 3. The number of ether oxygens (including phenoxy) is 1. The maximum absolute atomic E-state index is 9.57. The minimum Gasteiger partial charge on any atom is -0.496 e. The van der Waals surface area contributed by atoms with Crippen molar-refractivity contribution in [3.05, 3.63) is 28.8 Å². The van der Waals surface area contributed by atoms with E-state index in [1.165, 1.54) is 36.0 Å². The maximum atomic E-state index is 9.57. The molecule has 16 heavy (non-hydrogen) atoms. The first kappa shape index (κ1) is 11.5. The van der Waals surface area contributed by atoms with E-state index < -0.39 is 0 Å². The van der Waals surface area contributed by atoms with Crippen molar-refractivity contribution >= 4 is 0 Å². The second kappa shape index (κ2) is 4.88. The van der Waals surface area contributed by atoms with Crippen LogP contribution in [0, 0.1) is 0 Å². The predicted octanol–water partition coefficient (Wildman–Crippen LogP) is 2.50. The van der Waals surface area contributed by atoms with Crippen molar-refractivity contribution in [1.29, 1.82) is 0 Å². The quantitative estimate of drug-likeness (QED) is 0.848. The average molecular weight is 220 g/mol. The van der Waals surface area contributed by atoms with E-state index in [0.717, 1.165) is 12.2 Å². The molecule has 1 aliphatic carbocycles. The number of aliphatic hydroxyl groups excluding tert-OH is 1. The van der Waals surface area contributed by atoms with E-state index in [1.807, 2.05) is 13.0 Å². The zero-order chi connectivity index (χ0) is 11.5. The fraction of sp³-hybridized carbons (Fsp3) is 0.571. The van der Waals surface area contributed by atoms with Gasteiger partial charge in [0.05, 0.1) is 13.2 Å². The fourth-order valence-electron chi connectivity index (χ4n) is 2.59. The van der Waals surface area contributed by atoms with Crippen LogP contribution in [0.2, 0.25) is 0 Å². The number of fused-ring (bicyclic) bond motifs is 1. The SMILES string of the molecule is COc1ccc2c(c1CC(C)O)CCCC2. The van der Waals surface area contributed by atoms with Gasteiger partial charge in [-0.3, -0.25) is 0 Å². The molecule has 0 saturated heterocycles. The molecule has 1 aliphatic rings. The summed E-state index contributed by atoms with van der Waals surface area (Å²) in [6.07, 6.45) is 5.25. The van der Waals surface area contributed by atoms with Gasteiger partial charge in [-0.2, -0.15) is 0 Å². The predicted molar refractivity (Wildman–Crippen MR) is 65.0 cm³/mol. The smallest absolute Gasteiger partial charge is 0.122 e. The molecular weight excluding hydrogens is 200 g/mol. The van der Waals surface area contributed by atoms with Gasteiger partial charge in [0, 0.05) is 12.0 Å². The molecule has 88 valence electrons. The summed E-state index contributed by atoms with van der Waals surface area (Å²) < 4.78 is 5.40. The molecule has 0 bridgehead atoms. The van der Waals surface area contributed by atoms with Crippen LogP contribution in [-0.4, -0.2) is 18.3 Å². The van der Waals surface area contributed by atoms with Gasteiger partial charge in [-0.25, -0.2) is 0 Å². The van der Waals surface area contributed by atoms with Gasteiger partial charge in [0.25, 0.3) is 0 Å². The molecule has 2 rings (SSSR count). The number of aryl methyl sites for hydroxylation is 1. The molecule has 0 aliphatic heterocycles. The van der Waals surface area contributed by atoms with Crippen LogP contribution in [0.3, 0.4) is 0 Å². The first-order valence-corrected chi connectivity index (χ1v) is 6.08. The summed E-state index contributed by atoms with van der Waals surface area (Å²) in [5.74, 6) is 0.932. The van der Waals surface area contributed by atoms with Crippen molar-refractivity contribution in [3.63, 3.8) is 0 Å². The molecule has 0 aromatic heterocycles. The standard InChI is InChI=1S/C14H20O2/c1-10(15)9-13-12-6-4-3-5-11(12)7-8-14(13)16-2/h7-8,10,15H,3-6,9H2,1-2H3. The van der Waals surface area contributed by atoms with Gasteiger partial charge in [0.1, 0.15) is 5.75 Å². The molecule has 0 amide bonds. The molecule has 0 heterocycles. The van der Waals surface area contributed by atoms with E-state index in [1.54, 1.807) is 7.11 Å². The Kier molecular flexibility index (Phi) is 3.49. The Bertz CT molecular complexity index is 369. The number of aliphatic hydroxyl groups is 1. The van der Waals surface area contributed by atoms with Crippen molar-refractivity contribution in [2.45, 2.75) is 45.1 Å². The van der Waals surface area contributed by atoms with Crippen molar-refractivity contribution in [2.24, 2.45) is 0 Å². The van der Waals surface area contributed by atoms with Crippen LogP contribution in [0.5, 0.6) is 5.75 Å². The molecule has 1 atom stereocenters. The van der Waals surface area contributed by atoms with Crippen molar-refractivity contribution in [3.8, 4) is 5.75 Å². The summed E-state index contributed by atoms with van der Waals surface area (Å²) in [6.45, 7) is 1.83. The third-order valence-corrected chi connectivity index (χ3v) is 3.33. The first-order valence-electron chi connectivity index (χ1n) is 6.08. The van der Waals surface area contributed by atoms with Crippen LogP contribution in [0.1, 0.15) is 36.5 Å². The second-order valence-corrected chi connectivity index (χ2v) is 4.64. The average Bonchev–Trinajstić information content (AvgIpc) is 2.29. The highest BCUT2D eigenvalue weighted by Gasteiger charge is 2.17. The van der Waals surface area contributed by atoms with Gasteiger partial charge < -0.3 is 9.84 Å². The lowest BCUT2D eigenvalue weighted by molar-refractivity contribution is 0.193. The molecule has 1 unspecified atom stereocenters. The molecular formula is C14H20O2. The van der Waals surface area contributed by atoms with Gasteiger partial charge in [-0.15, -0.1) is 0 Å². The van der Waals surface area contributed by atoms with Crippen molar-refractivity contribution < 1.29 is 9.84 Å². The van der Waals surface area contributed by atoms with Crippen LogP contribution < -0.4 is 4.74 Å². The zero-order valence-corrected chi connectivity index (χ0v) is 10.1. The molecule has 1 aromatic rings. The number of methoxy groups -OCH3 is 1. The summed E-state index contributed by atoms with van der Waals surface area (Å²) in [5, 5.41) is 9.57. The van der Waals surface area contributed by atoms with E-state index in [-0.39, 0.29) is 6.10 Å². The van der Waals surface area contributed by atoms with Gasteiger partial charge in [-0.05, 0) is 49.8 Å². The Balaban J connectivity index is 2.43. The highest BCUT2D eigenvalue weighted by Crippen LogP contribution is 2.31. The summed E-state index contributed by atoms with van der Waals surface area (Å²) >= 11 is 0. The highest BCUT2D eigenvalue weighted by atomic mass is 16.5. The topological polar surface area (TPSA) is 29.5 Å². The Morgan fingerprint density at radius 2 is 2.06 bits per heavy atom. The summed E-state index contributed by atoms with van der Waals surface area (Å²) in [4.78, 5) is 0. The Morgan fingerprint density at radius 1 is 1.31 bits per heavy atom. The van der Waals surface area contributed by atoms with E-state index in [2.05, 4.69) is 6.07 Å². The monoisotopic (exact) mass is 220 g/mol. The van der Waals surface area contributed by atoms with Gasteiger partial charge >= 0.3 is 0 Å². The van der Waals surface area contributed by atoms with Crippen LogP contribution in [0.4, 0.5) is 0 Å². The molecule has 1 aromatic carbocycles. The molecule has 0 saturated carbocycles. The van der Waals surface area contributed by atoms with Crippen molar-refractivity contribution in [2.75, 3.05) is 7.11 Å². The lowest BCUT2D eigenvalue weighted by Crippen LogP contribution is -2.13. The van der Waals surface area contributed by atoms with E-state index in [9.17, 15) is 5.11 Å². The Hall–Kier alpha value is -1.02. The molecule has 0 radical (unpaired) electrons. The zero-order valence-electron chi connectivity index (χ0n) is 10.1.